The summed E-state index contributed by atoms with van der Waals surface area (Å²) in [4.78, 5) is 61.2. The van der Waals surface area contributed by atoms with Crippen molar-refractivity contribution in [1.29, 1.82) is 0 Å². The fraction of sp³-hybridized carbons (Fsp3) is 0.686. The minimum Gasteiger partial charge on any atom is -0.497 e. The zero-order chi connectivity index (χ0) is 32.5. The van der Waals surface area contributed by atoms with Crippen LogP contribution in [0.1, 0.15) is 91.7 Å². The molecule has 10 heteroatoms. The molecule has 3 aliphatic rings. The number of ketones is 1. The third-order valence-electron chi connectivity index (χ3n) is 10.3. The maximum Gasteiger partial charge on any atom is 0.408 e. The number of Topliss-reactive ketones (excluding diaryl/α,β-unsaturated/α-hetero) is 1. The Morgan fingerprint density at radius 2 is 1.93 bits per heavy atom. The molecule has 7 atom stereocenters. The van der Waals surface area contributed by atoms with E-state index in [-0.39, 0.29) is 29.3 Å². The molecule has 2 aromatic rings. The number of carbonyl (C=O) groups excluding carboxylic acids is 3. The molecule has 1 aliphatic heterocycles. The second kappa shape index (κ2) is 13.5. The first kappa shape index (κ1) is 32.9. The molecule has 45 heavy (non-hydrogen) atoms. The van der Waals surface area contributed by atoms with Crippen LogP contribution in [0.3, 0.4) is 0 Å². The lowest BCUT2D eigenvalue weighted by atomic mass is 9.85. The summed E-state index contributed by atoms with van der Waals surface area (Å²) in [5, 5.41) is 2.91. The minimum atomic E-state index is -0.786. The van der Waals surface area contributed by atoms with Crippen LogP contribution in [0.2, 0.25) is 0 Å². The average molecular weight is 623 g/mol. The van der Waals surface area contributed by atoms with Crippen molar-refractivity contribution in [2.45, 2.75) is 111 Å². The van der Waals surface area contributed by atoms with Gasteiger partial charge in [-0.05, 0) is 86.7 Å². The molecule has 10 nitrogen and oxygen atoms in total. The summed E-state index contributed by atoms with van der Waals surface area (Å²) < 4.78 is 11.3. The first-order valence-corrected chi connectivity index (χ1v) is 16.8. The number of fused-ring (bicyclic) bond motifs is 2. The molecule has 0 spiro atoms. The molecule has 2 amide bonds. The highest BCUT2D eigenvalue weighted by Gasteiger charge is 2.54. The molecular formula is C35H50N4O6. The topological polar surface area (TPSA) is 131 Å². The summed E-state index contributed by atoms with van der Waals surface area (Å²) in [5.41, 5.74) is 1.25. The van der Waals surface area contributed by atoms with Gasteiger partial charge in [0.15, 0.2) is 5.78 Å². The Bertz CT molecular complexity index is 1460. The van der Waals surface area contributed by atoms with E-state index in [1.54, 1.807) is 25.0 Å². The van der Waals surface area contributed by atoms with E-state index < -0.39 is 23.6 Å². The predicted octanol–water partition coefficient (Wildman–Crippen LogP) is 5.42. The number of aryl methyl sites for hydroxylation is 1. The maximum atomic E-state index is 13.8. The number of ether oxygens (including phenoxy) is 2. The van der Waals surface area contributed by atoms with Gasteiger partial charge in [-0.2, -0.15) is 0 Å². The van der Waals surface area contributed by atoms with Gasteiger partial charge in [-0.15, -0.1) is 0 Å². The minimum absolute atomic E-state index is 0.00247. The van der Waals surface area contributed by atoms with Gasteiger partial charge in [0, 0.05) is 12.6 Å². The van der Waals surface area contributed by atoms with Crippen LogP contribution >= 0.6 is 0 Å². The van der Waals surface area contributed by atoms with Crippen molar-refractivity contribution in [2.75, 3.05) is 13.7 Å². The molecule has 5 rings (SSSR count). The Balaban J connectivity index is 1.13. The van der Waals surface area contributed by atoms with Crippen molar-refractivity contribution in [3.63, 3.8) is 0 Å². The van der Waals surface area contributed by atoms with Gasteiger partial charge < -0.3 is 24.7 Å². The number of nitrogens with one attached hydrogen (secondary N) is 2. The molecule has 1 saturated heterocycles. The Morgan fingerprint density at radius 3 is 2.62 bits per heavy atom. The highest BCUT2D eigenvalue weighted by molar-refractivity contribution is 5.92. The molecule has 2 saturated carbocycles. The number of unbranched alkanes of at least 4 members (excludes halogenated alkanes) is 2. The molecule has 1 aromatic heterocycles. The van der Waals surface area contributed by atoms with E-state index in [0.717, 1.165) is 50.5 Å². The van der Waals surface area contributed by atoms with Crippen molar-refractivity contribution >= 4 is 28.8 Å². The van der Waals surface area contributed by atoms with Crippen LogP contribution in [0, 0.1) is 29.1 Å². The van der Waals surface area contributed by atoms with Gasteiger partial charge in [-0.3, -0.25) is 14.4 Å². The largest absolute Gasteiger partial charge is 0.497 e. The van der Waals surface area contributed by atoms with Gasteiger partial charge >= 0.3 is 6.09 Å². The fourth-order valence-electron chi connectivity index (χ4n) is 7.79. The Kier molecular flexibility index (Phi) is 9.89. The first-order chi connectivity index (χ1) is 21.4. The highest BCUT2D eigenvalue weighted by atomic mass is 16.6. The summed E-state index contributed by atoms with van der Waals surface area (Å²) in [6, 6.07) is 4.25. The molecule has 0 bridgehead atoms. The number of H-pyrrole nitrogens is 1. The van der Waals surface area contributed by atoms with Crippen LogP contribution in [0.5, 0.6) is 5.75 Å². The van der Waals surface area contributed by atoms with Crippen molar-refractivity contribution in [3.05, 3.63) is 34.2 Å². The molecule has 7 unspecified atom stereocenters. The Hall–Kier alpha value is -3.43. The molecule has 2 heterocycles. The van der Waals surface area contributed by atoms with Crippen LogP contribution in [0.15, 0.2) is 23.0 Å². The molecule has 2 N–H and O–H groups in total. The zero-order valence-electron chi connectivity index (χ0n) is 27.7. The number of hydrogen-bond donors (Lipinski definition) is 2. The maximum absolute atomic E-state index is 13.8. The average Bonchev–Trinajstić information content (AvgIpc) is 3.46. The van der Waals surface area contributed by atoms with Crippen molar-refractivity contribution < 1.29 is 23.9 Å². The Labute approximate surface area is 266 Å². The lowest BCUT2D eigenvalue weighted by Crippen LogP contribution is -2.57. The van der Waals surface area contributed by atoms with Crippen LogP contribution in [-0.4, -0.2) is 64.5 Å². The number of likely N-dealkylation sites (tertiary alicyclic amines) is 1. The molecular weight excluding hydrogens is 572 g/mol. The SMILES string of the molecule is CCC1CCN(C(=O)C(NC(=O)OC2CC3CC3C2CCCCCc2nc3ccc(OC)cc3[nH]c2=O)C(C)(C)C)C1C(C)=O. The summed E-state index contributed by atoms with van der Waals surface area (Å²) in [6.07, 6.45) is 7.36. The van der Waals surface area contributed by atoms with Gasteiger partial charge in [-0.1, -0.05) is 47.0 Å². The van der Waals surface area contributed by atoms with Crippen LogP contribution in [0.4, 0.5) is 4.79 Å². The van der Waals surface area contributed by atoms with Gasteiger partial charge in [0.2, 0.25) is 5.91 Å². The number of aromatic amines is 1. The number of amides is 2. The normalized spacial score (nSPS) is 26.4. The number of hydrogen-bond acceptors (Lipinski definition) is 7. The number of benzene rings is 1. The third-order valence-corrected chi connectivity index (χ3v) is 10.3. The summed E-state index contributed by atoms with van der Waals surface area (Å²) in [5.74, 6) is 2.13. The van der Waals surface area contributed by atoms with E-state index in [1.165, 1.54) is 6.42 Å². The lowest BCUT2D eigenvalue weighted by molar-refractivity contribution is -0.141. The van der Waals surface area contributed by atoms with Crippen LogP contribution in [-0.2, 0) is 20.7 Å². The number of methoxy groups -OCH3 is 1. The standard InChI is InChI=1S/C35H50N4O6/c1-7-21-15-16-39(30(21)20(2)40)33(42)31(35(3,4)5)38-34(43)45-29-18-22-17-25(22)24(29)11-9-8-10-12-27-32(41)37-28-19-23(44-6)13-14-26(28)36-27/h13-14,19,21-22,24-25,29-31H,7-12,15-18H2,1-6H3,(H,37,41)(H,38,43). The monoisotopic (exact) mass is 622 g/mol. The van der Waals surface area contributed by atoms with Crippen LogP contribution < -0.4 is 15.6 Å². The van der Waals surface area contributed by atoms with Crippen molar-refractivity contribution in [3.8, 4) is 5.75 Å². The number of rotatable bonds is 12. The van der Waals surface area contributed by atoms with Gasteiger partial charge in [0.05, 0.1) is 24.2 Å². The van der Waals surface area contributed by atoms with Crippen molar-refractivity contribution in [2.24, 2.45) is 29.1 Å². The number of carbonyl (C=O) groups is 3. The van der Waals surface area contributed by atoms with E-state index in [9.17, 15) is 19.2 Å². The van der Waals surface area contributed by atoms with Gasteiger partial charge in [-0.25, -0.2) is 9.78 Å². The van der Waals surface area contributed by atoms with Gasteiger partial charge in [0.1, 0.15) is 23.6 Å². The Morgan fingerprint density at radius 1 is 1.16 bits per heavy atom. The third kappa shape index (κ3) is 7.36. The van der Waals surface area contributed by atoms with Gasteiger partial charge in [0.25, 0.3) is 5.56 Å². The fourth-order valence-corrected chi connectivity index (χ4v) is 7.79. The highest BCUT2D eigenvalue weighted by Crippen LogP contribution is 2.57. The molecule has 2 aliphatic carbocycles. The summed E-state index contributed by atoms with van der Waals surface area (Å²) >= 11 is 0. The van der Waals surface area contributed by atoms with E-state index in [4.69, 9.17) is 9.47 Å². The van der Waals surface area contributed by atoms with E-state index in [2.05, 4.69) is 22.2 Å². The van der Waals surface area contributed by atoms with E-state index in [0.29, 0.717) is 47.7 Å². The number of nitrogens with zero attached hydrogens (tertiary/aromatic N) is 2. The summed E-state index contributed by atoms with van der Waals surface area (Å²) in [7, 11) is 1.59. The summed E-state index contributed by atoms with van der Waals surface area (Å²) in [6.45, 7) is 9.92. The number of aromatic nitrogens is 2. The molecule has 1 aromatic carbocycles. The predicted molar refractivity (Wildman–Crippen MR) is 172 cm³/mol. The number of alkyl carbamates (subject to hydrolysis) is 1. The molecule has 3 fully saturated rings. The van der Waals surface area contributed by atoms with Crippen LogP contribution in [0.25, 0.3) is 11.0 Å². The van der Waals surface area contributed by atoms with E-state index >= 15 is 0 Å². The van der Waals surface area contributed by atoms with Crippen molar-refractivity contribution in [1.82, 2.24) is 20.2 Å². The zero-order valence-corrected chi connectivity index (χ0v) is 27.7. The smallest absolute Gasteiger partial charge is 0.408 e. The quantitative estimate of drug-likeness (QED) is 0.303. The molecule has 246 valence electrons. The van der Waals surface area contributed by atoms with E-state index in [1.807, 2.05) is 32.9 Å². The first-order valence-electron chi connectivity index (χ1n) is 16.8. The lowest BCUT2D eigenvalue weighted by Gasteiger charge is -2.36. The second-order valence-corrected chi connectivity index (χ2v) is 14.5. The molecule has 0 radical (unpaired) electrons. The second-order valence-electron chi connectivity index (χ2n) is 14.5.